The van der Waals surface area contributed by atoms with E-state index in [4.69, 9.17) is 9.47 Å². The molecule has 0 aromatic heterocycles. The molecule has 0 amide bonds. The molecule has 0 saturated carbocycles. The number of ether oxygens (including phenoxy) is 2. The predicted octanol–water partition coefficient (Wildman–Crippen LogP) is 5.56. The smallest absolute Gasteiger partial charge is 0.190 e. The Labute approximate surface area is 166 Å². The monoisotopic (exact) mass is 391 g/mol. The first-order chi connectivity index (χ1) is 14.0. The summed E-state index contributed by atoms with van der Waals surface area (Å²) in [6.07, 6.45) is 0. The van der Waals surface area contributed by atoms with Gasteiger partial charge in [-0.15, -0.1) is 0 Å². The van der Waals surface area contributed by atoms with Gasteiger partial charge in [-0.3, -0.25) is 0 Å². The number of halogens is 2. The van der Waals surface area contributed by atoms with E-state index in [1.165, 1.54) is 13.2 Å². The molecule has 0 saturated heterocycles. The van der Waals surface area contributed by atoms with E-state index in [1.54, 1.807) is 54.6 Å². The van der Waals surface area contributed by atoms with Crippen LogP contribution in [0.5, 0.6) is 17.2 Å². The molecular weight excluding hydrogens is 376 g/mol. The number of anilines is 2. The molecule has 0 fully saturated rings. The predicted molar refractivity (Wildman–Crippen MR) is 103 cm³/mol. The van der Waals surface area contributed by atoms with E-state index in [0.29, 0.717) is 11.4 Å². The van der Waals surface area contributed by atoms with Crippen molar-refractivity contribution in [2.24, 2.45) is 0 Å². The molecule has 0 heterocycles. The maximum absolute atomic E-state index is 15.1. The van der Waals surface area contributed by atoms with Crippen LogP contribution in [0.15, 0.2) is 48.5 Å². The van der Waals surface area contributed by atoms with Gasteiger partial charge in [0.25, 0.3) is 0 Å². The number of nitrogens with zero attached hydrogens (tertiary/aromatic N) is 2. The maximum Gasteiger partial charge on any atom is 0.190 e. The highest BCUT2D eigenvalue weighted by atomic mass is 19.1. The zero-order valence-corrected chi connectivity index (χ0v) is 15.6. The van der Waals surface area contributed by atoms with Crippen LogP contribution in [-0.2, 0) is 0 Å². The number of aryl methyl sites for hydroxylation is 1. The summed E-state index contributed by atoms with van der Waals surface area (Å²) in [6, 6.07) is 16.3. The van der Waals surface area contributed by atoms with Gasteiger partial charge in [-0.1, -0.05) is 23.8 Å². The topological polar surface area (TPSA) is 78.1 Å². The van der Waals surface area contributed by atoms with E-state index >= 15 is 8.78 Å². The fourth-order valence-corrected chi connectivity index (χ4v) is 2.65. The number of rotatable bonds is 5. The van der Waals surface area contributed by atoms with E-state index < -0.39 is 34.2 Å². The molecule has 0 spiro atoms. The third kappa shape index (κ3) is 3.95. The van der Waals surface area contributed by atoms with Crippen LogP contribution in [0.3, 0.4) is 0 Å². The van der Waals surface area contributed by atoms with Crippen molar-refractivity contribution in [2.45, 2.75) is 6.92 Å². The van der Waals surface area contributed by atoms with Crippen LogP contribution in [-0.4, -0.2) is 7.11 Å². The molecule has 3 aromatic carbocycles. The molecule has 0 aliphatic carbocycles. The average Bonchev–Trinajstić information content (AvgIpc) is 2.74. The Hall–Kier alpha value is -4.10. The lowest BCUT2D eigenvalue weighted by molar-refractivity contribution is 0.415. The zero-order chi connectivity index (χ0) is 21.0. The molecule has 0 aliphatic heterocycles. The summed E-state index contributed by atoms with van der Waals surface area (Å²) < 4.78 is 40.8. The molecule has 0 bridgehead atoms. The number of nitrogens with one attached hydrogen (secondary N) is 1. The minimum Gasteiger partial charge on any atom is -0.497 e. The number of hydrogen-bond acceptors (Lipinski definition) is 5. The summed E-state index contributed by atoms with van der Waals surface area (Å²) in [5.74, 6) is -2.00. The largest absolute Gasteiger partial charge is 0.497 e. The number of methoxy groups -OCH3 is 1. The molecule has 144 valence electrons. The standard InChI is InChI=1S/C22H15F2N3O2/c1-13-6-8-15(9-7-13)29-22-20(24)18(12-26)17(11-25)19(23)21(22)27-14-4-3-5-16(10-14)28-2/h3-10,27H,1-2H3. The van der Waals surface area contributed by atoms with Gasteiger partial charge in [-0.05, 0) is 31.2 Å². The quantitative estimate of drug-likeness (QED) is 0.616. The van der Waals surface area contributed by atoms with Gasteiger partial charge in [-0.2, -0.15) is 10.5 Å². The van der Waals surface area contributed by atoms with Crippen LogP contribution in [0.1, 0.15) is 16.7 Å². The minimum absolute atomic E-state index is 0.246. The summed E-state index contributed by atoms with van der Waals surface area (Å²) >= 11 is 0. The number of hydrogen-bond donors (Lipinski definition) is 1. The van der Waals surface area contributed by atoms with Gasteiger partial charge in [-0.25, -0.2) is 8.78 Å². The van der Waals surface area contributed by atoms with Gasteiger partial charge in [0, 0.05) is 11.8 Å². The third-order valence-electron chi connectivity index (χ3n) is 4.14. The number of nitriles is 2. The van der Waals surface area contributed by atoms with Crippen LogP contribution in [0.25, 0.3) is 0 Å². The lowest BCUT2D eigenvalue weighted by Crippen LogP contribution is -2.06. The van der Waals surface area contributed by atoms with Crippen LogP contribution in [0, 0.1) is 41.2 Å². The molecule has 0 unspecified atom stereocenters. The fraction of sp³-hybridized carbons (Fsp3) is 0.0909. The Kier molecular flexibility index (Phi) is 5.61. The second-order valence-corrected chi connectivity index (χ2v) is 6.08. The van der Waals surface area contributed by atoms with Gasteiger partial charge in [0.1, 0.15) is 40.5 Å². The molecular formula is C22H15F2N3O2. The first-order valence-electron chi connectivity index (χ1n) is 8.49. The van der Waals surface area contributed by atoms with E-state index in [9.17, 15) is 10.5 Å². The Bertz CT molecular complexity index is 1150. The van der Waals surface area contributed by atoms with Crippen molar-refractivity contribution in [1.29, 1.82) is 10.5 Å². The summed E-state index contributed by atoms with van der Waals surface area (Å²) in [5.41, 5.74) is -0.483. The van der Waals surface area contributed by atoms with Gasteiger partial charge in [0.2, 0.25) is 0 Å². The van der Waals surface area contributed by atoms with Gasteiger partial charge in [0.05, 0.1) is 7.11 Å². The lowest BCUT2D eigenvalue weighted by atomic mass is 10.1. The summed E-state index contributed by atoms with van der Waals surface area (Å²) in [4.78, 5) is 0. The minimum atomic E-state index is -1.13. The molecule has 7 heteroatoms. The van der Waals surface area contributed by atoms with Crippen molar-refractivity contribution < 1.29 is 18.3 Å². The van der Waals surface area contributed by atoms with Crippen LogP contribution in [0.2, 0.25) is 0 Å². The van der Waals surface area contributed by atoms with Crippen molar-refractivity contribution in [1.82, 2.24) is 0 Å². The highest BCUT2D eigenvalue weighted by molar-refractivity contribution is 5.73. The SMILES string of the molecule is COc1cccc(Nc2c(F)c(C#N)c(C#N)c(F)c2Oc2ccc(C)cc2)c1. The number of benzene rings is 3. The van der Waals surface area contributed by atoms with Gasteiger partial charge < -0.3 is 14.8 Å². The van der Waals surface area contributed by atoms with E-state index in [-0.39, 0.29) is 5.75 Å². The fourth-order valence-electron chi connectivity index (χ4n) is 2.65. The normalized spacial score (nSPS) is 10.0. The maximum atomic E-state index is 15.1. The Morgan fingerprint density at radius 2 is 1.55 bits per heavy atom. The highest BCUT2D eigenvalue weighted by Crippen LogP contribution is 2.40. The van der Waals surface area contributed by atoms with Crippen LogP contribution >= 0.6 is 0 Å². The van der Waals surface area contributed by atoms with Crippen molar-refractivity contribution in [3.05, 3.63) is 76.9 Å². The van der Waals surface area contributed by atoms with Gasteiger partial charge in [0.15, 0.2) is 17.4 Å². The first kappa shape index (κ1) is 19.7. The summed E-state index contributed by atoms with van der Waals surface area (Å²) in [7, 11) is 1.47. The lowest BCUT2D eigenvalue weighted by Gasteiger charge is -2.17. The Balaban J connectivity index is 2.18. The molecule has 5 nitrogen and oxygen atoms in total. The Morgan fingerprint density at radius 1 is 0.897 bits per heavy atom. The van der Waals surface area contributed by atoms with E-state index in [1.807, 2.05) is 6.92 Å². The molecule has 0 radical (unpaired) electrons. The molecule has 29 heavy (non-hydrogen) atoms. The summed E-state index contributed by atoms with van der Waals surface area (Å²) in [5, 5.41) is 21.2. The second-order valence-electron chi connectivity index (χ2n) is 6.08. The summed E-state index contributed by atoms with van der Waals surface area (Å²) in [6.45, 7) is 1.87. The molecule has 1 N–H and O–H groups in total. The zero-order valence-electron chi connectivity index (χ0n) is 15.6. The van der Waals surface area contributed by atoms with Crippen LogP contribution < -0.4 is 14.8 Å². The highest BCUT2D eigenvalue weighted by Gasteiger charge is 2.27. The van der Waals surface area contributed by atoms with Gasteiger partial charge >= 0.3 is 0 Å². The average molecular weight is 391 g/mol. The van der Waals surface area contributed by atoms with E-state index in [0.717, 1.165) is 5.56 Å². The molecule has 3 aromatic rings. The Morgan fingerprint density at radius 3 is 2.17 bits per heavy atom. The first-order valence-corrected chi connectivity index (χ1v) is 8.49. The van der Waals surface area contributed by atoms with E-state index in [2.05, 4.69) is 5.32 Å². The van der Waals surface area contributed by atoms with Crippen LogP contribution in [0.4, 0.5) is 20.2 Å². The molecule has 0 atom stereocenters. The third-order valence-corrected chi connectivity index (χ3v) is 4.14. The van der Waals surface area contributed by atoms with Crippen molar-refractivity contribution in [2.75, 3.05) is 12.4 Å². The van der Waals surface area contributed by atoms with Crippen molar-refractivity contribution in [3.63, 3.8) is 0 Å². The van der Waals surface area contributed by atoms with Crippen molar-refractivity contribution >= 4 is 11.4 Å². The molecule has 3 rings (SSSR count). The molecule has 0 aliphatic rings. The van der Waals surface area contributed by atoms with Crippen molar-refractivity contribution in [3.8, 4) is 29.4 Å². The second kappa shape index (κ2) is 8.28.